The largest absolute Gasteiger partial charge is 0.394 e. The molecule has 29 heavy (non-hydrogen) atoms. The highest BCUT2D eigenvalue weighted by Crippen LogP contribution is 2.36. The van der Waals surface area contributed by atoms with E-state index in [2.05, 4.69) is 5.32 Å². The van der Waals surface area contributed by atoms with Gasteiger partial charge < -0.3 is 20.1 Å². The summed E-state index contributed by atoms with van der Waals surface area (Å²) in [4.78, 5) is 28.2. The third-order valence-corrected chi connectivity index (χ3v) is 5.80. The van der Waals surface area contributed by atoms with Crippen LogP contribution in [0.5, 0.6) is 0 Å². The number of amides is 3. The minimum atomic E-state index is -1.74. The number of carbonyl (C=O) groups excluding carboxylic acids is 2. The number of rotatable bonds is 4. The van der Waals surface area contributed by atoms with Gasteiger partial charge in [-0.05, 0) is 24.5 Å². The van der Waals surface area contributed by atoms with Gasteiger partial charge in [0.25, 0.3) is 0 Å². The maximum absolute atomic E-state index is 12.8. The van der Waals surface area contributed by atoms with Crippen molar-refractivity contribution in [3.8, 4) is 0 Å². The molecule has 1 aromatic rings. The topological polar surface area (TPSA) is 123 Å². The third kappa shape index (κ3) is 3.40. The second kappa shape index (κ2) is 7.42. The van der Waals surface area contributed by atoms with E-state index in [-0.39, 0.29) is 12.5 Å². The summed E-state index contributed by atoms with van der Waals surface area (Å²) in [5.74, 6) is 0.407. The lowest BCUT2D eigenvalue weighted by Gasteiger charge is -2.42. The Bertz CT molecular complexity index is 840. The zero-order valence-electron chi connectivity index (χ0n) is 16.1. The molecule has 0 spiro atoms. The van der Waals surface area contributed by atoms with E-state index in [1.807, 2.05) is 30.3 Å². The molecule has 1 fully saturated rings. The van der Waals surface area contributed by atoms with Crippen LogP contribution in [0, 0.1) is 0 Å². The molecule has 3 heterocycles. The molecule has 0 unspecified atom stereocenters. The molecule has 9 nitrogen and oxygen atoms in total. The highest BCUT2D eigenvalue weighted by atomic mass is 16.6. The predicted octanol–water partition coefficient (Wildman–Crippen LogP) is -0.125. The van der Waals surface area contributed by atoms with Gasteiger partial charge in [0.05, 0.1) is 13.2 Å². The molecule has 4 rings (SSSR count). The summed E-state index contributed by atoms with van der Waals surface area (Å²) in [6.07, 6.45) is -2.64. The van der Waals surface area contributed by atoms with Crippen LogP contribution in [-0.4, -0.2) is 74.2 Å². The van der Waals surface area contributed by atoms with Crippen LogP contribution >= 0.6 is 0 Å². The van der Waals surface area contributed by atoms with Crippen molar-refractivity contribution in [2.24, 2.45) is 0 Å². The van der Waals surface area contributed by atoms with Crippen molar-refractivity contribution in [1.82, 2.24) is 15.1 Å². The van der Waals surface area contributed by atoms with Crippen molar-refractivity contribution in [1.29, 1.82) is 0 Å². The average molecular weight is 403 g/mol. The van der Waals surface area contributed by atoms with E-state index in [0.29, 0.717) is 25.2 Å². The van der Waals surface area contributed by atoms with Crippen LogP contribution in [0.25, 0.3) is 0 Å². The van der Waals surface area contributed by atoms with Crippen LogP contribution in [0.2, 0.25) is 0 Å². The smallest absolute Gasteiger partial charge is 0.325 e. The minimum absolute atomic E-state index is 0.0683. The number of aliphatic hydroxyl groups excluding tert-OH is 2. The number of ether oxygens (including phenoxy) is 1. The van der Waals surface area contributed by atoms with Crippen LogP contribution in [0.1, 0.15) is 25.3 Å². The summed E-state index contributed by atoms with van der Waals surface area (Å²) in [5.41, 5.74) is 0.0560. The van der Waals surface area contributed by atoms with Crippen LogP contribution < -0.4 is 5.32 Å². The first kappa shape index (κ1) is 19.8. The predicted molar refractivity (Wildman–Crippen MR) is 101 cm³/mol. The molecule has 3 aliphatic heterocycles. The van der Waals surface area contributed by atoms with Crippen LogP contribution in [0.4, 0.5) is 4.79 Å². The molecule has 156 valence electrons. The van der Waals surface area contributed by atoms with Crippen molar-refractivity contribution in [3.63, 3.8) is 0 Å². The number of urea groups is 1. The first-order valence-electron chi connectivity index (χ1n) is 9.63. The summed E-state index contributed by atoms with van der Waals surface area (Å²) in [5, 5.41) is 33.1. The van der Waals surface area contributed by atoms with Crippen molar-refractivity contribution >= 4 is 11.9 Å². The minimum Gasteiger partial charge on any atom is -0.394 e. The first-order chi connectivity index (χ1) is 13.8. The lowest BCUT2D eigenvalue weighted by Crippen LogP contribution is -2.61. The lowest BCUT2D eigenvalue weighted by molar-refractivity contribution is -0.132. The van der Waals surface area contributed by atoms with Crippen molar-refractivity contribution in [2.45, 2.75) is 50.3 Å². The van der Waals surface area contributed by atoms with Crippen LogP contribution in [0.3, 0.4) is 0 Å². The third-order valence-electron chi connectivity index (χ3n) is 5.80. The summed E-state index contributed by atoms with van der Waals surface area (Å²) >= 11 is 0. The molecule has 9 heteroatoms. The standard InChI is InChI=1S/C20H25N3O6/c1-20(28)16(26)14(11-24)29-18(20)23-10-13-7-8-15(25)22(17(13)21-19(23)27)9-12-5-3-2-4-6-12/h2-6,14,16,18,24,26,28H,7-11H2,1H3,(H,21,27)/t14-,16-,18-,20-/m1/s1. The molecule has 1 aromatic carbocycles. The highest BCUT2D eigenvalue weighted by Gasteiger charge is 2.56. The fraction of sp³-hybridized carbons (Fsp3) is 0.500. The monoisotopic (exact) mass is 403 g/mol. The second-order valence-corrected chi connectivity index (χ2v) is 7.86. The van der Waals surface area contributed by atoms with Crippen molar-refractivity contribution < 1.29 is 29.6 Å². The molecule has 0 aliphatic carbocycles. The van der Waals surface area contributed by atoms with Gasteiger partial charge in [-0.15, -0.1) is 0 Å². The molecule has 0 saturated carbocycles. The van der Waals surface area contributed by atoms with Crippen molar-refractivity contribution in [3.05, 3.63) is 47.3 Å². The Kier molecular flexibility index (Phi) is 5.07. The van der Waals surface area contributed by atoms with Gasteiger partial charge in [0.15, 0.2) is 6.23 Å². The Labute approximate surface area is 168 Å². The fourth-order valence-electron chi connectivity index (χ4n) is 4.14. The maximum Gasteiger partial charge on any atom is 0.325 e. The first-order valence-corrected chi connectivity index (χ1v) is 9.63. The van der Waals surface area contributed by atoms with Gasteiger partial charge in [-0.3, -0.25) is 19.9 Å². The second-order valence-electron chi connectivity index (χ2n) is 7.86. The van der Waals surface area contributed by atoms with E-state index in [1.165, 1.54) is 11.8 Å². The molecular formula is C20H25N3O6. The summed E-state index contributed by atoms with van der Waals surface area (Å²) < 4.78 is 5.58. The van der Waals surface area contributed by atoms with Crippen LogP contribution in [0.15, 0.2) is 41.7 Å². The van der Waals surface area contributed by atoms with E-state index < -0.39 is 36.7 Å². The average Bonchev–Trinajstić information content (AvgIpc) is 2.94. The molecule has 3 aliphatic rings. The zero-order valence-corrected chi connectivity index (χ0v) is 16.1. The van der Waals surface area contributed by atoms with E-state index in [0.717, 1.165) is 11.1 Å². The van der Waals surface area contributed by atoms with Gasteiger partial charge in [-0.1, -0.05) is 30.3 Å². The number of carbonyl (C=O) groups is 2. The Morgan fingerprint density at radius 1 is 1.24 bits per heavy atom. The number of hydrogen-bond acceptors (Lipinski definition) is 6. The Morgan fingerprint density at radius 2 is 1.97 bits per heavy atom. The zero-order chi connectivity index (χ0) is 20.8. The van der Waals surface area contributed by atoms with E-state index in [4.69, 9.17) is 4.74 Å². The lowest BCUT2D eigenvalue weighted by atomic mass is 9.94. The normalized spacial score (nSPS) is 32.5. The van der Waals surface area contributed by atoms with Gasteiger partial charge in [0.2, 0.25) is 5.91 Å². The Hall–Kier alpha value is -2.46. The molecule has 0 aromatic heterocycles. The quantitative estimate of drug-likeness (QED) is 0.556. The SMILES string of the molecule is C[C@@]1(O)[C@H](O)[C@@H](CO)O[C@H]1N1CC2=C(NC1=O)N(Cc1ccccc1)C(=O)CC2. The Balaban J connectivity index is 1.59. The number of benzene rings is 1. The van der Waals surface area contributed by atoms with Gasteiger partial charge >= 0.3 is 6.03 Å². The molecule has 0 bridgehead atoms. The number of nitrogens with one attached hydrogen (secondary N) is 1. The fourth-order valence-corrected chi connectivity index (χ4v) is 4.14. The number of hydrogen-bond donors (Lipinski definition) is 4. The maximum atomic E-state index is 12.8. The van der Waals surface area contributed by atoms with Gasteiger partial charge in [-0.25, -0.2) is 4.79 Å². The highest BCUT2D eigenvalue weighted by molar-refractivity contribution is 5.84. The van der Waals surface area contributed by atoms with Crippen molar-refractivity contribution in [2.75, 3.05) is 13.2 Å². The van der Waals surface area contributed by atoms with E-state index in [9.17, 15) is 24.9 Å². The van der Waals surface area contributed by atoms with E-state index in [1.54, 1.807) is 4.90 Å². The summed E-state index contributed by atoms with van der Waals surface area (Å²) in [6.45, 7) is 1.41. The summed E-state index contributed by atoms with van der Waals surface area (Å²) in [7, 11) is 0. The molecule has 1 saturated heterocycles. The van der Waals surface area contributed by atoms with Gasteiger partial charge in [0, 0.05) is 13.0 Å². The van der Waals surface area contributed by atoms with Crippen LogP contribution in [-0.2, 0) is 16.1 Å². The van der Waals surface area contributed by atoms with Gasteiger partial charge in [0.1, 0.15) is 23.6 Å². The molecule has 4 N–H and O–H groups in total. The molecule has 4 atom stereocenters. The number of aliphatic hydroxyl groups is 3. The molecule has 3 amide bonds. The molecular weight excluding hydrogens is 378 g/mol. The summed E-state index contributed by atoms with van der Waals surface area (Å²) in [6, 6.07) is 8.98. The number of nitrogens with zero attached hydrogens (tertiary/aromatic N) is 2. The van der Waals surface area contributed by atoms with Gasteiger partial charge in [-0.2, -0.15) is 0 Å². The van der Waals surface area contributed by atoms with E-state index >= 15 is 0 Å². The Morgan fingerprint density at radius 3 is 2.62 bits per heavy atom. The molecule has 0 radical (unpaired) electrons.